The van der Waals surface area contributed by atoms with E-state index in [-0.39, 0.29) is 28.8 Å². The second-order valence-electron chi connectivity index (χ2n) is 7.81. The average molecular weight is 511 g/mol. The van der Waals surface area contributed by atoms with E-state index in [1.54, 1.807) is 6.07 Å². The van der Waals surface area contributed by atoms with Gasteiger partial charge in [0.25, 0.3) is 0 Å². The van der Waals surface area contributed by atoms with Crippen LogP contribution in [-0.2, 0) is 14.6 Å². The van der Waals surface area contributed by atoms with Crippen LogP contribution in [0.3, 0.4) is 0 Å². The van der Waals surface area contributed by atoms with Crippen LogP contribution in [0, 0.1) is 5.82 Å². The maximum atomic E-state index is 13.4. The number of aromatic nitrogens is 1. The normalized spacial score (nSPS) is 15.2. The Morgan fingerprint density at radius 1 is 1.12 bits per heavy atom. The second-order valence-corrected chi connectivity index (χ2v) is 11.4. The molecule has 1 amide bonds. The number of anilines is 1. The van der Waals surface area contributed by atoms with Crippen LogP contribution in [0.1, 0.15) is 6.42 Å². The molecule has 1 fully saturated rings. The number of rotatable bonds is 8. The topological polar surface area (TPSA) is 82.6 Å². The van der Waals surface area contributed by atoms with Crippen molar-refractivity contribution in [2.75, 3.05) is 49.9 Å². The molecule has 0 radical (unpaired) electrons. The Hall–Kier alpha value is -2.27. The van der Waals surface area contributed by atoms with Gasteiger partial charge in [-0.25, -0.2) is 17.8 Å². The summed E-state index contributed by atoms with van der Waals surface area (Å²) in [5, 5.41) is 4.16. The molecule has 2 aromatic carbocycles. The van der Waals surface area contributed by atoms with Gasteiger partial charge in [-0.3, -0.25) is 9.69 Å². The Morgan fingerprint density at radius 3 is 2.58 bits per heavy atom. The zero-order valence-corrected chi connectivity index (χ0v) is 20.2. The van der Waals surface area contributed by atoms with Crippen LogP contribution in [0.2, 0.25) is 5.02 Å². The predicted octanol–water partition coefficient (Wildman–Crippen LogP) is 3.19. The standard InChI is InChI=1S/C22H24ClFN4O3S2/c23-16-1-4-18(5-2-16)33(30,31)14-7-21(29)25-8-9-27-10-12-28(13-11-27)22-26-19-6-3-17(24)15-20(19)32-22/h1-6,15H,7-14H2,(H,25,29). The van der Waals surface area contributed by atoms with E-state index >= 15 is 0 Å². The Balaban J connectivity index is 1.17. The van der Waals surface area contributed by atoms with E-state index in [1.807, 2.05) is 0 Å². The Bertz CT molecular complexity index is 1230. The number of nitrogens with one attached hydrogen (secondary N) is 1. The van der Waals surface area contributed by atoms with Gasteiger partial charge < -0.3 is 10.2 Å². The monoisotopic (exact) mass is 510 g/mol. The van der Waals surface area contributed by atoms with Gasteiger partial charge in [-0.2, -0.15) is 0 Å². The summed E-state index contributed by atoms with van der Waals surface area (Å²) in [5.41, 5.74) is 0.805. The number of hydrogen-bond donors (Lipinski definition) is 1. The van der Waals surface area contributed by atoms with E-state index in [4.69, 9.17) is 11.6 Å². The lowest BCUT2D eigenvalue weighted by molar-refractivity contribution is -0.120. The summed E-state index contributed by atoms with van der Waals surface area (Å²) in [5.74, 6) is -0.786. The highest BCUT2D eigenvalue weighted by Crippen LogP contribution is 2.29. The fourth-order valence-electron chi connectivity index (χ4n) is 3.61. The summed E-state index contributed by atoms with van der Waals surface area (Å²) in [4.78, 5) is 21.3. The van der Waals surface area contributed by atoms with Crippen LogP contribution >= 0.6 is 22.9 Å². The van der Waals surface area contributed by atoms with Gasteiger partial charge in [-0.05, 0) is 42.5 Å². The molecule has 4 rings (SSSR count). The van der Waals surface area contributed by atoms with Crippen molar-refractivity contribution in [2.45, 2.75) is 11.3 Å². The molecular formula is C22H24ClFN4O3S2. The molecule has 0 unspecified atom stereocenters. The molecule has 1 saturated heterocycles. The number of thiazole rings is 1. The summed E-state index contributed by atoms with van der Waals surface area (Å²) < 4.78 is 38.9. The molecule has 0 bridgehead atoms. The van der Waals surface area contributed by atoms with Gasteiger partial charge >= 0.3 is 0 Å². The van der Waals surface area contributed by atoms with E-state index in [0.29, 0.717) is 18.1 Å². The van der Waals surface area contributed by atoms with Crippen molar-refractivity contribution in [1.82, 2.24) is 15.2 Å². The molecule has 3 aromatic rings. The first-order chi connectivity index (χ1) is 15.8. The van der Waals surface area contributed by atoms with Crippen molar-refractivity contribution >= 4 is 54.0 Å². The minimum absolute atomic E-state index is 0.0864. The second kappa shape index (κ2) is 10.3. The lowest BCUT2D eigenvalue weighted by Gasteiger charge is -2.34. The molecule has 1 N–H and O–H groups in total. The highest BCUT2D eigenvalue weighted by atomic mass is 35.5. The van der Waals surface area contributed by atoms with E-state index < -0.39 is 9.84 Å². The van der Waals surface area contributed by atoms with Gasteiger partial charge in [0.2, 0.25) is 5.91 Å². The first-order valence-electron chi connectivity index (χ1n) is 10.6. The van der Waals surface area contributed by atoms with Crippen molar-refractivity contribution in [3.63, 3.8) is 0 Å². The molecule has 1 aliphatic rings. The summed E-state index contributed by atoms with van der Waals surface area (Å²) in [7, 11) is -3.52. The fourth-order valence-corrected chi connectivity index (χ4v) is 6.02. The maximum Gasteiger partial charge on any atom is 0.221 e. The third kappa shape index (κ3) is 6.20. The SMILES string of the molecule is O=C(CCS(=O)(=O)c1ccc(Cl)cc1)NCCN1CCN(c2nc3ccc(F)cc3s2)CC1. The Morgan fingerprint density at radius 2 is 1.85 bits per heavy atom. The average Bonchev–Trinajstić information content (AvgIpc) is 3.22. The van der Waals surface area contributed by atoms with Gasteiger partial charge in [-0.1, -0.05) is 22.9 Å². The summed E-state index contributed by atoms with van der Waals surface area (Å²) >= 11 is 7.28. The zero-order valence-electron chi connectivity index (χ0n) is 17.8. The van der Waals surface area contributed by atoms with Crippen molar-refractivity contribution < 1.29 is 17.6 Å². The summed E-state index contributed by atoms with van der Waals surface area (Å²) in [6.45, 7) is 4.40. The van der Waals surface area contributed by atoms with Gasteiger partial charge in [0.1, 0.15) is 5.82 Å². The smallest absolute Gasteiger partial charge is 0.221 e. The van der Waals surface area contributed by atoms with E-state index in [1.165, 1.54) is 47.7 Å². The first-order valence-corrected chi connectivity index (χ1v) is 13.4. The maximum absolute atomic E-state index is 13.4. The highest BCUT2D eigenvalue weighted by Gasteiger charge is 2.20. The van der Waals surface area contributed by atoms with E-state index in [2.05, 4.69) is 20.1 Å². The molecule has 176 valence electrons. The van der Waals surface area contributed by atoms with E-state index in [9.17, 15) is 17.6 Å². The molecule has 0 aliphatic carbocycles. The zero-order chi connectivity index (χ0) is 23.4. The number of piperazine rings is 1. The molecule has 1 aliphatic heterocycles. The number of halogens is 2. The number of fused-ring (bicyclic) bond motifs is 1. The molecule has 7 nitrogen and oxygen atoms in total. The highest BCUT2D eigenvalue weighted by molar-refractivity contribution is 7.91. The van der Waals surface area contributed by atoms with Crippen molar-refractivity contribution in [3.05, 3.63) is 53.3 Å². The van der Waals surface area contributed by atoms with Gasteiger partial charge in [0.05, 0.1) is 20.9 Å². The van der Waals surface area contributed by atoms with Gasteiger partial charge in [-0.15, -0.1) is 0 Å². The number of nitrogens with zero attached hydrogens (tertiary/aromatic N) is 3. The molecule has 0 atom stereocenters. The summed E-state index contributed by atoms with van der Waals surface area (Å²) in [6, 6.07) is 10.6. The van der Waals surface area contributed by atoms with Gasteiger partial charge in [0, 0.05) is 50.7 Å². The van der Waals surface area contributed by atoms with Crippen molar-refractivity contribution in [2.24, 2.45) is 0 Å². The third-order valence-electron chi connectivity index (χ3n) is 5.50. The Kier molecular flexibility index (Phi) is 7.48. The van der Waals surface area contributed by atoms with E-state index in [0.717, 1.165) is 41.5 Å². The first kappa shape index (κ1) is 23.9. The molecule has 0 spiro atoms. The molecule has 2 heterocycles. The number of carbonyl (C=O) groups is 1. The third-order valence-corrected chi connectivity index (χ3v) is 8.57. The number of hydrogen-bond acceptors (Lipinski definition) is 7. The number of benzene rings is 2. The van der Waals surface area contributed by atoms with Crippen molar-refractivity contribution in [3.8, 4) is 0 Å². The molecule has 0 saturated carbocycles. The molecular weight excluding hydrogens is 487 g/mol. The quantitative estimate of drug-likeness (QED) is 0.501. The predicted molar refractivity (Wildman–Crippen MR) is 129 cm³/mol. The molecule has 11 heteroatoms. The molecule has 33 heavy (non-hydrogen) atoms. The number of carbonyl (C=O) groups excluding carboxylic acids is 1. The van der Waals surface area contributed by atoms with Crippen LogP contribution in [0.15, 0.2) is 47.4 Å². The van der Waals surface area contributed by atoms with Crippen LogP contribution in [-0.4, -0.2) is 69.2 Å². The molecule has 1 aromatic heterocycles. The lowest BCUT2D eigenvalue weighted by atomic mass is 10.3. The Labute approximate surface area is 201 Å². The van der Waals surface area contributed by atoms with Crippen LogP contribution in [0.4, 0.5) is 9.52 Å². The van der Waals surface area contributed by atoms with Crippen LogP contribution < -0.4 is 10.2 Å². The lowest BCUT2D eigenvalue weighted by Crippen LogP contribution is -2.48. The minimum Gasteiger partial charge on any atom is -0.355 e. The fraction of sp³-hybridized carbons (Fsp3) is 0.364. The number of sulfone groups is 1. The summed E-state index contributed by atoms with van der Waals surface area (Å²) in [6.07, 6.45) is -0.0864. The largest absolute Gasteiger partial charge is 0.355 e. The van der Waals surface area contributed by atoms with Crippen LogP contribution in [0.25, 0.3) is 10.2 Å². The van der Waals surface area contributed by atoms with Crippen molar-refractivity contribution in [1.29, 1.82) is 0 Å². The van der Waals surface area contributed by atoms with Crippen LogP contribution in [0.5, 0.6) is 0 Å². The van der Waals surface area contributed by atoms with Gasteiger partial charge in [0.15, 0.2) is 15.0 Å². The minimum atomic E-state index is -3.52. The number of amides is 1.